The van der Waals surface area contributed by atoms with Crippen LogP contribution in [-0.4, -0.2) is 16.9 Å². The molecular formula is C21H25ClN2O. The first-order valence-electron chi connectivity index (χ1n) is 9.55. The van der Waals surface area contributed by atoms with Crippen molar-refractivity contribution in [1.29, 1.82) is 0 Å². The fraction of sp³-hybridized carbons (Fsp3) is 0.524. The van der Waals surface area contributed by atoms with Gasteiger partial charge in [-0.3, -0.25) is 9.78 Å². The Kier molecular flexibility index (Phi) is 4.68. The molecule has 4 heteroatoms. The molecule has 1 heterocycles. The third-order valence-corrected chi connectivity index (χ3v) is 6.32. The monoisotopic (exact) mass is 356 g/mol. The number of hydrogen-bond acceptors (Lipinski definition) is 2. The van der Waals surface area contributed by atoms with Crippen molar-refractivity contribution in [3.8, 4) is 0 Å². The highest BCUT2D eigenvalue weighted by Crippen LogP contribution is 2.33. The van der Waals surface area contributed by atoms with Gasteiger partial charge in [0.05, 0.1) is 10.5 Å². The normalized spacial score (nSPS) is 23.3. The average Bonchev–Trinajstić information content (AvgIpc) is 2.63. The summed E-state index contributed by atoms with van der Waals surface area (Å²) in [5.41, 5.74) is 3.84. The third kappa shape index (κ3) is 3.27. The number of hydrogen-bond donors (Lipinski definition) is 1. The zero-order chi connectivity index (χ0) is 17.4. The topological polar surface area (TPSA) is 42.0 Å². The van der Waals surface area contributed by atoms with Crippen molar-refractivity contribution in [3.05, 3.63) is 40.0 Å². The van der Waals surface area contributed by atoms with Crippen molar-refractivity contribution >= 4 is 28.4 Å². The number of halogens is 1. The van der Waals surface area contributed by atoms with E-state index in [1.54, 1.807) is 0 Å². The Bertz CT molecular complexity index is 817. The highest BCUT2D eigenvalue weighted by Gasteiger charge is 2.24. The lowest BCUT2D eigenvalue weighted by Gasteiger charge is -2.29. The minimum absolute atomic E-state index is 0.0105. The quantitative estimate of drug-likeness (QED) is 0.815. The van der Waals surface area contributed by atoms with Crippen LogP contribution in [0.4, 0.5) is 0 Å². The number of nitrogens with zero attached hydrogens (tertiary/aromatic N) is 1. The molecule has 2 aliphatic carbocycles. The van der Waals surface area contributed by atoms with Gasteiger partial charge >= 0.3 is 0 Å². The van der Waals surface area contributed by atoms with Crippen LogP contribution in [0.3, 0.4) is 0 Å². The molecule has 0 spiro atoms. The number of pyridine rings is 1. The Morgan fingerprint density at radius 2 is 1.96 bits per heavy atom. The number of aryl methyl sites for hydroxylation is 1. The standard InChI is InChI=1S/C21H25ClN2O/c1-13-6-2-4-8-17(13)24-21(25)14-10-11-16-19(12-14)23-18-9-5-3-7-15(18)20(16)22/h10-13,17H,2-9H2,1H3,(H,24,25)/t13-,17+/m1/s1. The third-order valence-electron chi connectivity index (χ3n) is 5.88. The maximum atomic E-state index is 12.7. The molecule has 1 aromatic heterocycles. The smallest absolute Gasteiger partial charge is 0.251 e. The molecule has 1 amide bonds. The highest BCUT2D eigenvalue weighted by atomic mass is 35.5. The Hall–Kier alpha value is -1.61. The molecule has 2 aliphatic rings. The van der Waals surface area contributed by atoms with Gasteiger partial charge in [0.25, 0.3) is 5.91 Å². The Morgan fingerprint density at radius 3 is 2.80 bits per heavy atom. The van der Waals surface area contributed by atoms with Crippen LogP contribution in [0.15, 0.2) is 18.2 Å². The predicted molar refractivity (Wildman–Crippen MR) is 102 cm³/mol. The van der Waals surface area contributed by atoms with E-state index in [0.717, 1.165) is 40.9 Å². The summed E-state index contributed by atoms with van der Waals surface area (Å²) in [7, 11) is 0. The van der Waals surface area contributed by atoms with Crippen molar-refractivity contribution in [2.75, 3.05) is 0 Å². The zero-order valence-corrected chi connectivity index (χ0v) is 15.5. The molecule has 2 aromatic rings. The number of aromatic nitrogens is 1. The van der Waals surface area contributed by atoms with E-state index in [1.807, 2.05) is 18.2 Å². The Balaban J connectivity index is 1.63. The lowest BCUT2D eigenvalue weighted by Crippen LogP contribution is -2.41. The fourth-order valence-corrected chi connectivity index (χ4v) is 4.65. The zero-order valence-electron chi connectivity index (χ0n) is 14.8. The minimum atomic E-state index is 0.0105. The number of nitrogens with one attached hydrogen (secondary N) is 1. The SMILES string of the molecule is C[C@@H]1CCCC[C@@H]1NC(=O)c1ccc2c(Cl)c3c(nc2c1)CCCC3. The number of fused-ring (bicyclic) bond motifs is 2. The van der Waals surface area contributed by atoms with E-state index in [1.165, 1.54) is 37.7 Å². The van der Waals surface area contributed by atoms with E-state index in [4.69, 9.17) is 16.6 Å². The molecule has 132 valence electrons. The van der Waals surface area contributed by atoms with Gasteiger partial charge in [-0.1, -0.05) is 37.4 Å². The molecule has 0 radical (unpaired) electrons. The van der Waals surface area contributed by atoms with E-state index in [9.17, 15) is 4.79 Å². The molecule has 25 heavy (non-hydrogen) atoms. The lowest BCUT2D eigenvalue weighted by molar-refractivity contribution is 0.0910. The van der Waals surface area contributed by atoms with Gasteiger partial charge in [0.2, 0.25) is 0 Å². The van der Waals surface area contributed by atoms with Crippen molar-refractivity contribution < 1.29 is 4.79 Å². The molecule has 0 bridgehead atoms. The van der Waals surface area contributed by atoms with E-state index in [0.29, 0.717) is 11.5 Å². The second kappa shape index (κ2) is 6.95. The van der Waals surface area contributed by atoms with Gasteiger partial charge in [0.15, 0.2) is 0 Å². The summed E-state index contributed by atoms with van der Waals surface area (Å²) < 4.78 is 0. The van der Waals surface area contributed by atoms with Crippen molar-refractivity contribution in [2.45, 2.75) is 64.3 Å². The molecule has 0 saturated heterocycles. The summed E-state index contributed by atoms with van der Waals surface area (Å²) in [6.07, 6.45) is 9.11. The maximum absolute atomic E-state index is 12.7. The summed E-state index contributed by atoms with van der Waals surface area (Å²) in [5.74, 6) is 0.564. The molecule has 3 nitrogen and oxygen atoms in total. The predicted octanol–water partition coefficient (Wildman–Crippen LogP) is 5.08. The minimum Gasteiger partial charge on any atom is -0.349 e. The highest BCUT2D eigenvalue weighted by molar-refractivity contribution is 6.36. The van der Waals surface area contributed by atoms with Crippen LogP contribution in [0.2, 0.25) is 5.02 Å². The molecule has 4 rings (SSSR count). The van der Waals surface area contributed by atoms with Crippen molar-refractivity contribution in [3.63, 3.8) is 0 Å². The number of amides is 1. The van der Waals surface area contributed by atoms with Crippen molar-refractivity contribution in [1.82, 2.24) is 10.3 Å². The van der Waals surface area contributed by atoms with E-state index >= 15 is 0 Å². The van der Waals surface area contributed by atoms with Gasteiger partial charge < -0.3 is 5.32 Å². The van der Waals surface area contributed by atoms with Crippen LogP contribution in [0, 0.1) is 5.92 Å². The van der Waals surface area contributed by atoms with Gasteiger partial charge in [-0.25, -0.2) is 0 Å². The van der Waals surface area contributed by atoms with Gasteiger partial charge in [-0.2, -0.15) is 0 Å². The first kappa shape index (κ1) is 16.8. The van der Waals surface area contributed by atoms with Crippen molar-refractivity contribution in [2.24, 2.45) is 5.92 Å². The molecular weight excluding hydrogens is 332 g/mol. The molecule has 1 N–H and O–H groups in total. The second-order valence-corrected chi connectivity index (χ2v) is 8.01. The first-order chi connectivity index (χ1) is 12.1. The van der Waals surface area contributed by atoms with Crippen LogP contribution < -0.4 is 5.32 Å². The summed E-state index contributed by atoms with van der Waals surface area (Å²) >= 11 is 6.63. The van der Waals surface area contributed by atoms with Crippen LogP contribution in [0.5, 0.6) is 0 Å². The molecule has 0 unspecified atom stereocenters. The largest absolute Gasteiger partial charge is 0.349 e. The molecule has 1 aromatic carbocycles. The average molecular weight is 357 g/mol. The Labute approximate surface area is 154 Å². The van der Waals surface area contributed by atoms with Gasteiger partial charge in [-0.05, 0) is 62.1 Å². The number of rotatable bonds is 2. The molecule has 1 fully saturated rings. The summed E-state index contributed by atoms with van der Waals surface area (Å²) in [6.45, 7) is 2.23. The second-order valence-electron chi connectivity index (χ2n) is 7.63. The number of carbonyl (C=O) groups excluding carboxylic acids is 1. The molecule has 2 atom stereocenters. The van der Waals surface area contributed by atoms with Crippen LogP contribution >= 0.6 is 11.6 Å². The van der Waals surface area contributed by atoms with Crippen LogP contribution in [0.1, 0.15) is 67.1 Å². The number of carbonyl (C=O) groups is 1. The summed E-state index contributed by atoms with van der Waals surface area (Å²) in [5, 5.41) is 5.02. The maximum Gasteiger partial charge on any atom is 0.251 e. The molecule has 1 saturated carbocycles. The van der Waals surface area contributed by atoms with Gasteiger partial charge in [0.1, 0.15) is 0 Å². The summed E-state index contributed by atoms with van der Waals surface area (Å²) in [6, 6.07) is 6.03. The van der Waals surface area contributed by atoms with E-state index in [-0.39, 0.29) is 11.9 Å². The van der Waals surface area contributed by atoms with Gasteiger partial charge in [-0.15, -0.1) is 0 Å². The first-order valence-corrected chi connectivity index (χ1v) is 9.93. The van der Waals surface area contributed by atoms with Crippen LogP contribution in [0.25, 0.3) is 10.9 Å². The van der Waals surface area contributed by atoms with E-state index in [2.05, 4.69) is 12.2 Å². The van der Waals surface area contributed by atoms with Gasteiger partial charge in [0, 0.05) is 22.7 Å². The van der Waals surface area contributed by atoms with E-state index < -0.39 is 0 Å². The lowest BCUT2D eigenvalue weighted by atomic mass is 9.86. The van der Waals surface area contributed by atoms with Crippen LogP contribution in [-0.2, 0) is 12.8 Å². The number of benzene rings is 1. The summed E-state index contributed by atoms with van der Waals surface area (Å²) in [4.78, 5) is 17.5. The molecule has 0 aliphatic heterocycles. The Morgan fingerprint density at radius 1 is 1.16 bits per heavy atom. The fourth-order valence-electron chi connectivity index (χ4n) is 4.29.